The first-order chi connectivity index (χ1) is 4.61. The van der Waals surface area contributed by atoms with Crippen LogP contribution in [0.2, 0.25) is 10.0 Å². The SMILES string of the molecule is [Na+].[O-]c1cc(Cl)c(Br)cc1Cl. The van der Waals surface area contributed by atoms with Gasteiger partial charge in [-0.05, 0) is 28.1 Å². The van der Waals surface area contributed by atoms with Crippen LogP contribution in [0.3, 0.4) is 0 Å². The van der Waals surface area contributed by atoms with Gasteiger partial charge in [0, 0.05) is 9.50 Å². The summed E-state index contributed by atoms with van der Waals surface area (Å²) in [6, 6.07) is 2.75. The van der Waals surface area contributed by atoms with Crippen molar-refractivity contribution in [1.29, 1.82) is 0 Å². The molecule has 11 heavy (non-hydrogen) atoms. The van der Waals surface area contributed by atoms with Crippen LogP contribution in [0.4, 0.5) is 0 Å². The molecule has 0 amide bonds. The van der Waals surface area contributed by atoms with Gasteiger partial charge in [-0.25, -0.2) is 0 Å². The topological polar surface area (TPSA) is 23.1 Å². The number of hydrogen-bond donors (Lipinski definition) is 0. The van der Waals surface area contributed by atoms with Crippen molar-refractivity contribution in [3.63, 3.8) is 0 Å². The van der Waals surface area contributed by atoms with Crippen LogP contribution in [0.1, 0.15) is 0 Å². The molecular formula is C6H2BrCl2NaO. The van der Waals surface area contributed by atoms with Gasteiger partial charge in [0.1, 0.15) is 0 Å². The fourth-order valence-electron chi connectivity index (χ4n) is 0.504. The second kappa shape index (κ2) is 4.95. The van der Waals surface area contributed by atoms with E-state index >= 15 is 0 Å². The Balaban J connectivity index is 0.000001000. The Kier molecular flexibility index (Phi) is 5.44. The molecule has 1 rings (SSSR count). The predicted molar refractivity (Wildman–Crippen MR) is 43.6 cm³/mol. The zero-order valence-corrected chi connectivity index (χ0v) is 10.8. The fourth-order valence-corrected chi connectivity index (χ4v) is 1.30. The maximum absolute atomic E-state index is 10.8. The molecular weight excluding hydrogens is 262 g/mol. The van der Waals surface area contributed by atoms with Gasteiger partial charge in [0.05, 0.1) is 5.02 Å². The maximum atomic E-state index is 10.8. The van der Waals surface area contributed by atoms with E-state index in [0.717, 1.165) is 0 Å². The Bertz CT molecular complexity index is 217. The van der Waals surface area contributed by atoms with E-state index in [2.05, 4.69) is 15.9 Å². The zero-order chi connectivity index (χ0) is 7.72. The molecule has 0 saturated carbocycles. The summed E-state index contributed by atoms with van der Waals surface area (Å²) in [5.74, 6) is -0.255. The van der Waals surface area contributed by atoms with Crippen molar-refractivity contribution in [3.8, 4) is 5.75 Å². The van der Waals surface area contributed by atoms with Crippen LogP contribution in [-0.2, 0) is 0 Å². The normalized spacial score (nSPS) is 9.00. The smallest absolute Gasteiger partial charge is 0.871 e. The summed E-state index contributed by atoms with van der Waals surface area (Å²) in [5, 5.41) is 11.3. The minimum atomic E-state index is -0.255. The minimum Gasteiger partial charge on any atom is -0.871 e. The summed E-state index contributed by atoms with van der Waals surface area (Å²) < 4.78 is 0.638. The minimum absolute atomic E-state index is 0. The molecule has 0 aliphatic rings. The van der Waals surface area contributed by atoms with E-state index < -0.39 is 0 Å². The van der Waals surface area contributed by atoms with Gasteiger partial charge in [-0.15, -0.1) is 0 Å². The first-order valence-corrected chi connectivity index (χ1v) is 3.97. The fraction of sp³-hybridized carbons (Fsp3) is 0. The van der Waals surface area contributed by atoms with E-state index in [9.17, 15) is 5.11 Å². The average molecular weight is 264 g/mol. The molecule has 0 atom stereocenters. The van der Waals surface area contributed by atoms with Gasteiger partial charge < -0.3 is 5.11 Å². The summed E-state index contributed by atoms with van der Waals surface area (Å²) >= 11 is 14.2. The van der Waals surface area contributed by atoms with Crippen molar-refractivity contribution < 1.29 is 34.7 Å². The molecule has 0 aromatic heterocycles. The molecule has 0 unspecified atom stereocenters. The predicted octanol–water partition coefficient (Wildman–Crippen LogP) is -0.167. The molecule has 1 aromatic rings. The van der Waals surface area contributed by atoms with Crippen molar-refractivity contribution >= 4 is 39.1 Å². The Morgan fingerprint density at radius 2 is 1.73 bits per heavy atom. The molecule has 0 N–H and O–H groups in total. The van der Waals surface area contributed by atoms with Crippen molar-refractivity contribution in [1.82, 2.24) is 0 Å². The van der Waals surface area contributed by atoms with E-state index in [4.69, 9.17) is 23.2 Å². The van der Waals surface area contributed by atoms with Crippen LogP contribution in [0.15, 0.2) is 16.6 Å². The van der Waals surface area contributed by atoms with Gasteiger partial charge in [0.2, 0.25) is 0 Å². The first kappa shape index (κ1) is 12.1. The third-order valence-corrected chi connectivity index (χ3v) is 2.47. The number of hydrogen-bond acceptors (Lipinski definition) is 1. The number of benzene rings is 1. The quantitative estimate of drug-likeness (QED) is 0.471. The van der Waals surface area contributed by atoms with E-state index in [1.165, 1.54) is 12.1 Å². The molecule has 1 nitrogen and oxygen atoms in total. The van der Waals surface area contributed by atoms with E-state index in [-0.39, 0.29) is 40.3 Å². The molecule has 5 heteroatoms. The summed E-state index contributed by atoms with van der Waals surface area (Å²) in [5.41, 5.74) is 0. The Morgan fingerprint density at radius 1 is 1.18 bits per heavy atom. The summed E-state index contributed by atoms with van der Waals surface area (Å²) in [6.07, 6.45) is 0. The van der Waals surface area contributed by atoms with Crippen LogP contribution < -0.4 is 34.7 Å². The van der Waals surface area contributed by atoms with Crippen LogP contribution in [0.5, 0.6) is 5.75 Å². The van der Waals surface area contributed by atoms with Crippen molar-refractivity contribution in [3.05, 3.63) is 26.7 Å². The summed E-state index contributed by atoms with van der Waals surface area (Å²) in [7, 11) is 0. The van der Waals surface area contributed by atoms with Crippen LogP contribution in [0, 0.1) is 0 Å². The van der Waals surface area contributed by atoms with E-state index in [0.29, 0.717) is 9.50 Å². The first-order valence-electron chi connectivity index (χ1n) is 2.43. The Morgan fingerprint density at radius 3 is 2.18 bits per heavy atom. The Labute approximate surface area is 105 Å². The molecule has 0 spiro atoms. The van der Waals surface area contributed by atoms with Gasteiger partial charge in [-0.1, -0.05) is 29.0 Å². The van der Waals surface area contributed by atoms with Gasteiger partial charge in [0.25, 0.3) is 0 Å². The second-order valence-corrected chi connectivity index (χ2v) is 3.37. The average Bonchev–Trinajstić information content (AvgIpc) is 1.84. The summed E-state index contributed by atoms with van der Waals surface area (Å²) in [6.45, 7) is 0. The van der Waals surface area contributed by atoms with Crippen molar-refractivity contribution in [2.45, 2.75) is 0 Å². The van der Waals surface area contributed by atoms with Gasteiger partial charge >= 0.3 is 29.6 Å². The molecule has 0 bridgehead atoms. The number of halogens is 3. The third-order valence-electron chi connectivity index (χ3n) is 0.975. The molecule has 0 fully saturated rings. The van der Waals surface area contributed by atoms with Crippen molar-refractivity contribution in [2.24, 2.45) is 0 Å². The van der Waals surface area contributed by atoms with Gasteiger partial charge in [-0.3, -0.25) is 0 Å². The van der Waals surface area contributed by atoms with Crippen LogP contribution >= 0.6 is 39.1 Å². The summed E-state index contributed by atoms with van der Waals surface area (Å²) in [4.78, 5) is 0. The molecule has 0 aliphatic carbocycles. The largest absolute Gasteiger partial charge is 1.00 e. The van der Waals surface area contributed by atoms with E-state index in [1.54, 1.807) is 0 Å². The van der Waals surface area contributed by atoms with Crippen LogP contribution in [0.25, 0.3) is 0 Å². The standard InChI is InChI=1S/C6H3BrCl2O.Na/c7-3-1-5(9)6(10)2-4(3)8;/h1-2,10H;/q;+1/p-1. The molecule has 0 radical (unpaired) electrons. The molecule has 0 heterocycles. The van der Waals surface area contributed by atoms with Crippen LogP contribution in [-0.4, -0.2) is 0 Å². The van der Waals surface area contributed by atoms with Gasteiger partial charge in [-0.2, -0.15) is 0 Å². The molecule has 0 aliphatic heterocycles. The third kappa shape index (κ3) is 3.13. The molecule has 0 saturated heterocycles. The van der Waals surface area contributed by atoms with Gasteiger partial charge in [0.15, 0.2) is 0 Å². The maximum Gasteiger partial charge on any atom is 1.00 e. The second-order valence-electron chi connectivity index (χ2n) is 1.70. The Hall–Kier alpha value is 1.08. The molecule has 1 aromatic carbocycles. The zero-order valence-electron chi connectivity index (χ0n) is 5.70. The molecule has 54 valence electrons. The monoisotopic (exact) mass is 262 g/mol. The number of rotatable bonds is 0. The van der Waals surface area contributed by atoms with Crippen molar-refractivity contribution in [2.75, 3.05) is 0 Å². The van der Waals surface area contributed by atoms with E-state index in [1.807, 2.05) is 0 Å².